The molecular weight excluding hydrogens is 335 g/mol. The predicted molar refractivity (Wildman–Crippen MR) is 95.5 cm³/mol. The highest BCUT2D eigenvalue weighted by atomic mass is 19.1. The van der Waals surface area contributed by atoms with Crippen LogP contribution in [0.2, 0.25) is 0 Å². The second kappa shape index (κ2) is 6.59. The third-order valence-corrected chi connectivity index (χ3v) is 4.49. The molecule has 0 unspecified atom stereocenters. The molecule has 3 aromatic rings. The number of piperazine rings is 1. The number of nitrogens with zero attached hydrogens (tertiary/aromatic N) is 4. The molecule has 132 valence electrons. The van der Waals surface area contributed by atoms with Crippen LogP contribution in [0, 0.1) is 5.82 Å². The maximum absolute atomic E-state index is 13.0. The first kappa shape index (κ1) is 16.3. The van der Waals surface area contributed by atoms with Crippen LogP contribution in [0.1, 0.15) is 5.56 Å². The second-order valence-electron chi connectivity index (χ2n) is 6.24. The van der Waals surface area contributed by atoms with E-state index in [2.05, 4.69) is 4.98 Å². The van der Waals surface area contributed by atoms with E-state index >= 15 is 0 Å². The molecule has 1 amide bonds. The van der Waals surface area contributed by atoms with Crippen LogP contribution in [0.15, 0.2) is 59.5 Å². The minimum absolute atomic E-state index is 0.0457. The number of amides is 1. The Bertz CT molecular complexity index is 1020. The zero-order valence-corrected chi connectivity index (χ0v) is 14.0. The van der Waals surface area contributed by atoms with E-state index in [4.69, 9.17) is 0 Å². The van der Waals surface area contributed by atoms with Gasteiger partial charge in [-0.2, -0.15) is 0 Å². The van der Waals surface area contributed by atoms with Crippen LogP contribution in [0.25, 0.3) is 5.65 Å². The van der Waals surface area contributed by atoms with Crippen molar-refractivity contribution in [2.24, 2.45) is 0 Å². The quantitative estimate of drug-likeness (QED) is 0.720. The second-order valence-corrected chi connectivity index (χ2v) is 6.24. The first-order chi connectivity index (χ1) is 12.6. The molecule has 0 aliphatic carbocycles. The fourth-order valence-electron chi connectivity index (χ4n) is 3.08. The minimum Gasteiger partial charge on any atom is -0.345 e. The number of carbonyl (C=O) groups excluding carboxylic acids is 1. The van der Waals surface area contributed by atoms with E-state index < -0.39 is 0 Å². The van der Waals surface area contributed by atoms with E-state index in [1.807, 2.05) is 11.0 Å². The predicted octanol–water partition coefficient (Wildman–Crippen LogP) is 1.68. The molecule has 1 aromatic carbocycles. The summed E-state index contributed by atoms with van der Waals surface area (Å²) in [5.41, 5.74) is 1.26. The van der Waals surface area contributed by atoms with E-state index in [1.165, 1.54) is 22.6 Å². The summed E-state index contributed by atoms with van der Waals surface area (Å²) in [5, 5.41) is 0. The summed E-state index contributed by atoms with van der Waals surface area (Å²) < 4.78 is 14.5. The lowest BCUT2D eigenvalue weighted by atomic mass is 10.2. The average molecular weight is 352 g/mol. The van der Waals surface area contributed by atoms with Gasteiger partial charge < -0.3 is 9.80 Å². The Labute approximate surface area is 149 Å². The van der Waals surface area contributed by atoms with Crippen molar-refractivity contribution in [3.05, 3.63) is 76.5 Å². The molecule has 0 radical (unpaired) electrons. The smallest absolute Gasteiger partial charge is 0.259 e. The van der Waals surface area contributed by atoms with E-state index in [1.54, 1.807) is 35.4 Å². The molecule has 0 atom stereocenters. The van der Waals surface area contributed by atoms with Gasteiger partial charge >= 0.3 is 0 Å². The van der Waals surface area contributed by atoms with Crippen molar-refractivity contribution in [2.45, 2.75) is 6.54 Å². The Balaban J connectivity index is 1.51. The van der Waals surface area contributed by atoms with E-state index in [0.717, 1.165) is 5.56 Å². The zero-order chi connectivity index (χ0) is 18.1. The molecule has 1 fully saturated rings. The molecule has 1 saturated heterocycles. The van der Waals surface area contributed by atoms with Crippen molar-refractivity contribution in [1.82, 2.24) is 14.3 Å². The van der Waals surface area contributed by atoms with Gasteiger partial charge in [0.2, 0.25) is 5.91 Å². The molecule has 26 heavy (non-hydrogen) atoms. The molecule has 4 rings (SSSR count). The summed E-state index contributed by atoms with van der Waals surface area (Å²) in [7, 11) is 0. The van der Waals surface area contributed by atoms with Gasteiger partial charge in [-0.25, -0.2) is 9.37 Å². The number of hydrogen-bond donors (Lipinski definition) is 0. The number of anilines is 1. The SMILES string of the molecule is O=C1CN(c2cc(=O)n3ccccc3n2)CCN1Cc1ccc(F)cc1. The number of carbonyl (C=O) groups is 1. The molecule has 0 spiro atoms. The number of halogens is 1. The lowest BCUT2D eigenvalue weighted by Gasteiger charge is -2.35. The summed E-state index contributed by atoms with van der Waals surface area (Å²) >= 11 is 0. The molecular formula is C19H17FN4O2. The molecule has 6 nitrogen and oxygen atoms in total. The molecule has 1 aliphatic rings. The third kappa shape index (κ3) is 3.15. The number of hydrogen-bond acceptors (Lipinski definition) is 4. The lowest BCUT2D eigenvalue weighted by molar-refractivity contribution is -0.131. The summed E-state index contributed by atoms with van der Waals surface area (Å²) in [6.07, 6.45) is 1.67. The molecule has 0 saturated carbocycles. The zero-order valence-electron chi connectivity index (χ0n) is 14.0. The fourth-order valence-corrected chi connectivity index (χ4v) is 3.08. The Morgan fingerprint density at radius 2 is 1.85 bits per heavy atom. The van der Waals surface area contributed by atoms with Crippen molar-refractivity contribution in [1.29, 1.82) is 0 Å². The highest BCUT2D eigenvalue weighted by Gasteiger charge is 2.25. The normalized spacial score (nSPS) is 14.9. The molecule has 0 N–H and O–H groups in total. The van der Waals surface area contributed by atoms with Gasteiger partial charge in [0.05, 0.1) is 6.54 Å². The Hall–Kier alpha value is -3.22. The average Bonchev–Trinajstić information content (AvgIpc) is 2.65. The highest BCUT2D eigenvalue weighted by molar-refractivity contribution is 5.82. The number of rotatable bonds is 3. The van der Waals surface area contributed by atoms with Gasteiger partial charge in [0, 0.05) is 31.9 Å². The van der Waals surface area contributed by atoms with Crippen LogP contribution in [0.4, 0.5) is 10.2 Å². The minimum atomic E-state index is -0.293. The Morgan fingerprint density at radius 3 is 2.62 bits per heavy atom. The lowest BCUT2D eigenvalue weighted by Crippen LogP contribution is -2.50. The first-order valence-corrected chi connectivity index (χ1v) is 8.36. The Kier molecular flexibility index (Phi) is 4.12. The van der Waals surface area contributed by atoms with Gasteiger partial charge in [-0.1, -0.05) is 18.2 Å². The first-order valence-electron chi connectivity index (χ1n) is 8.36. The number of fused-ring (bicyclic) bond motifs is 1. The summed E-state index contributed by atoms with van der Waals surface area (Å²) in [4.78, 5) is 32.8. The van der Waals surface area contributed by atoms with E-state index in [-0.39, 0.29) is 23.8 Å². The summed E-state index contributed by atoms with van der Waals surface area (Å²) in [6, 6.07) is 12.9. The molecule has 0 bridgehead atoms. The number of aromatic nitrogens is 2. The Morgan fingerprint density at radius 1 is 1.04 bits per heavy atom. The van der Waals surface area contributed by atoms with E-state index in [0.29, 0.717) is 31.1 Å². The standard InChI is InChI=1S/C19H17FN4O2/c20-15-6-4-14(5-7-15)12-23-10-9-22(13-19(23)26)17-11-18(25)24-8-2-1-3-16(24)21-17/h1-8,11H,9-10,12-13H2. The monoisotopic (exact) mass is 352 g/mol. The van der Waals surface area contributed by atoms with Crippen LogP contribution in [0.5, 0.6) is 0 Å². The van der Waals surface area contributed by atoms with Crippen LogP contribution in [-0.4, -0.2) is 39.8 Å². The largest absolute Gasteiger partial charge is 0.345 e. The van der Waals surface area contributed by atoms with Gasteiger partial charge in [0.25, 0.3) is 5.56 Å². The van der Waals surface area contributed by atoms with Gasteiger partial charge in [0.1, 0.15) is 17.3 Å². The number of pyridine rings is 1. The van der Waals surface area contributed by atoms with Crippen molar-refractivity contribution < 1.29 is 9.18 Å². The van der Waals surface area contributed by atoms with Crippen molar-refractivity contribution in [2.75, 3.05) is 24.5 Å². The van der Waals surface area contributed by atoms with Crippen LogP contribution < -0.4 is 10.5 Å². The van der Waals surface area contributed by atoms with Gasteiger partial charge in [-0.15, -0.1) is 0 Å². The van der Waals surface area contributed by atoms with Gasteiger partial charge in [0.15, 0.2) is 0 Å². The van der Waals surface area contributed by atoms with Gasteiger partial charge in [-0.3, -0.25) is 14.0 Å². The number of benzene rings is 1. The van der Waals surface area contributed by atoms with Gasteiger partial charge in [-0.05, 0) is 29.8 Å². The highest BCUT2D eigenvalue weighted by Crippen LogP contribution is 2.16. The van der Waals surface area contributed by atoms with Crippen molar-refractivity contribution in [3.63, 3.8) is 0 Å². The summed E-state index contributed by atoms with van der Waals surface area (Å²) in [6.45, 7) is 1.71. The molecule has 3 heterocycles. The van der Waals surface area contributed by atoms with Crippen LogP contribution in [0.3, 0.4) is 0 Å². The van der Waals surface area contributed by atoms with E-state index in [9.17, 15) is 14.0 Å². The third-order valence-electron chi connectivity index (χ3n) is 4.49. The molecule has 7 heteroatoms. The maximum Gasteiger partial charge on any atom is 0.259 e. The summed E-state index contributed by atoms with van der Waals surface area (Å²) in [5.74, 6) is 0.171. The van der Waals surface area contributed by atoms with Crippen molar-refractivity contribution in [3.8, 4) is 0 Å². The fraction of sp³-hybridized carbons (Fsp3) is 0.211. The topological polar surface area (TPSA) is 57.9 Å². The maximum atomic E-state index is 13.0. The van der Waals surface area contributed by atoms with Crippen LogP contribution in [-0.2, 0) is 11.3 Å². The molecule has 2 aromatic heterocycles. The van der Waals surface area contributed by atoms with Crippen LogP contribution >= 0.6 is 0 Å². The molecule has 1 aliphatic heterocycles. The van der Waals surface area contributed by atoms with Crippen molar-refractivity contribution >= 4 is 17.4 Å².